The zero-order valence-corrected chi connectivity index (χ0v) is 13.2. The van der Waals surface area contributed by atoms with Gasteiger partial charge in [0.05, 0.1) is 4.83 Å². The summed E-state index contributed by atoms with van der Waals surface area (Å²) in [5.41, 5.74) is 0.373. The van der Waals surface area contributed by atoms with Gasteiger partial charge in [0.2, 0.25) is 5.91 Å². The molecule has 0 saturated carbocycles. The van der Waals surface area contributed by atoms with Gasteiger partial charge in [-0.3, -0.25) is 4.79 Å². The van der Waals surface area contributed by atoms with Crippen LogP contribution in [0.5, 0.6) is 0 Å². The second-order valence-corrected chi connectivity index (χ2v) is 7.30. The second kappa shape index (κ2) is 6.21. The lowest BCUT2D eigenvalue weighted by molar-refractivity contribution is -0.130. The highest BCUT2D eigenvalue weighted by atomic mass is 79.9. The molecule has 3 heteroatoms. The molecule has 0 aliphatic carbocycles. The third-order valence-electron chi connectivity index (χ3n) is 3.89. The zero-order chi connectivity index (χ0) is 13.1. The van der Waals surface area contributed by atoms with Crippen LogP contribution in [0.25, 0.3) is 0 Å². The Morgan fingerprint density at radius 1 is 1.35 bits per heavy atom. The minimum atomic E-state index is 0.00804. The van der Waals surface area contributed by atoms with E-state index in [2.05, 4.69) is 41.6 Å². The number of carbonyl (C=O) groups excluding carboxylic acids is 1. The molecule has 2 atom stereocenters. The first-order valence-corrected chi connectivity index (χ1v) is 7.70. The number of halogens is 1. The van der Waals surface area contributed by atoms with Gasteiger partial charge in [0.1, 0.15) is 0 Å². The number of amides is 1. The maximum atomic E-state index is 12.1. The number of hydrogen-bond acceptors (Lipinski definition) is 1. The normalized spacial score (nSPS) is 24.3. The Morgan fingerprint density at radius 2 is 2.00 bits per heavy atom. The second-order valence-electron chi connectivity index (χ2n) is 6.19. The predicted molar refractivity (Wildman–Crippen MR) is 76.4 cm³/mol. The van der Waals surface area contributed by atoms with Crippen LogP contribution in [0.15, 0.2) is 0 Å². The van der Waals surface area contributed by atoms with Gasteiger partial charge in [0.25, 0.3) is 0 Å². The van der Waals surface area contributed by atoms with Gasteiger partial charge in [-0.25, -0.2) is 0 Å². The fourth-order valence-corrected chi connectivity index (χ4v) is 2.85. The number of carbonyl (C=O) groups is 1. The smallest absolute Gasteiger partial charge is 0.236 e. The molecule has 0 aromatic carbocycles. The van der Waals surface area contributed by atoms with Crippen LogP contribution in [0.1, 0.15) is 53.4 Å². The minimum absolute atomic E-state index is 0.00804. The van der Waals surface area contributed by atoms with E-state index >= 15 is 0 Å². The Kier molecular flexibility index (Phi) is 5.49. The minimum Gasteiger partial charge on any atom is -0.342 e. The molecule has 2 unspecified atom stereocenters. The van der Waals surface area contributed by atoms with Gasteiger partial charge in [-0.05, 0) is 37.0 Å². The predicted octanol–water partition coefficient (Wildman–Crippen LogP) is 3.83. The lowest BCUT2D eigenvalue weighted by Crippen LogP contribution is -2.37. The first kappa shape index (κ1) is 15.0. The molecule has 0 aromatic heterocycles. The molecule has 1 rings (SSSR count). The summed E-state index contributed by atoms with van der Waals surface area (Å²) in [6.45, 7) is 10.9. The molecule has 1 amide bonds. The molecular formula is C14H26BrNO. The quantitative estimate of drug-likeness (QED) is 0.710. The Hall–Kier alpha value is -0.0500. The monoisotopic (exact) mass is 303 g/mol. The summed E-state index contributed by atoms with van der Waals surface area (Å²) in [6.07, 6.45) is 4.43. The maximum Gasteiger partial charge on any atom is 0.236 e. The third kappa shape index (κ3) is 4.27. The Bertz CT molecular complexity index is 259. The highest BCUT2D eigenvalue weighted by molar-refractivity contribution is 9.10. The van der Waals surface area contributed by atoms with Gasteiger partial charge < -0.3 is 4.90 Å². The highest BCUT2D eigenvalue weighted by Crippen LogP contribution is 2.34. The first-order chi connectivity index (χ1) is 7.86. The van der Waals surface area contributed by atoms with Crippen molar-refractivity contribution in [3.05, 3.63) is 0 Å². The van der Waals surface area contributed by atoms with Crippen LogP contribution in [0.4, 0.5) is 0 Å². The molecule has 17 heavy (non-hydrogen) atoms. The Labute approximate surface area is 114 Å². The molecule has 1 heterocycles. The lowest BCUT2D eigenvalue weighted by atomic mass is 9.77. The first-order valence-electron chi connectivity index (χ1n) is 6.79. The number of nitrogens with zero attached hydrogens (tertiary/aromatic N) is 1. The van der Waals surface area contributed by atoms with E-state index in [-0.39, 0.29) is 10.7 Å². The van der Waals surface area contributed by atoms with Gasteiger partial charge in [-0.2, -0.15) is 0 Å². The molecule has 100 valence electrons. The van der Waals surface area contributed by atoms with Crippen LogP contribution >= 0.6 is 15.9 Å². The van der Waals surface area contributed by atoms with E-state index in [9.17, 15) is 4.79 Å². The van der Waals surface area contributed by atoms with Crippen molar-refractivity contribution >= 4 is 21.8 Å². The van der Waals surface area contributed by atoms with Gasteiger partial charge in [0, 0.05) is 13.1 Å². The average Bonchev–Trinajstić information content (AvgIpc) is 2.51. The van der Waals surface area contributed by atoms with Crippen molar-refractivity contribution in [2.45, 2.75) is 58.2 Å². The van der Waals surface area contributed by atoms with Crippen molar-refractivity contribution in [3.8, 4) is 0 Å². The van der Waals surface area contributed by atoms with E-state index in [4.69, 9.17) is 0 Å². The summed E-state index contributed by atoms with van der Waals surface area (Å²) in [7, 11) is 0. The van der Waals surface area contributed by atoms with Crippen LogP contribution in [-0.2, 0) is 4.79 Å². The average molecular weight is 304 g/mol. The van der Waals surface area contributed by atoms with Gasteiger partial charge in [-0.1, -0.05) is 43.6 Å². The third-order valence-corrected chi connectivity index (χ3v) is 4.93. The van der Waals surface area contributed by atoms with Gasteiger partial charge in [0.15, 0.2) is 0 Å². The van der Waals surface area contributed by atoms with Crippen molar-refractivity contribution in [2.24, 2.45) is 11.3 Å². The number of alkyl halides is 1. The molecule has 0 spiro atoms. The van der Waals surface area contributed by atoms with E-state index in [1.807, 2.05) is 6.92 Å². The van der Waals surface area contributed by atoms with Crippen LogP contribution in [-0.4, -0.2) is 28.7 Å². The van der Waals surface area contributed by atoms with Crippen LogP contribution < -0.4 is 0 Å². The summed E-state index contributed by atoms with van der Waals surface area (Å²) in [4.78, 5) is 14.2. The maximum absolute atomic E-state index is 12.1. The van der Waals surface area contributed by atoms with Crippen molar-refractivity contribution < 1.29 is 4.79 Å². The Morgan fingerprint density at radius 3 is 2.53 bits per heavy atom. The highest BCUT2D eigenvalue weighted by Gasteiger charge is 2.29. The van der Waals surface area contributed by atoms with Crippen molar-refractivity contribution in [1.82, 2.24) is 4.90 Å². The SMILES string of the molecule is CCC(Br)C(=O)N1CCCC(C(C)(C)C)CC1. The summed E-state index contributed by atoms with van der Waals surface area (Å²) >= 11 is 3.47. The number of likely N-dealkylation sites (tertiary alicyclic amines) is 1. The molecule has 0 bridgehead atoms. The van der Waals surface area contributed by atoms with Crippen molar-refractivity contribution in [2.75, 3.05) is 13.1 Å². The summed E-state index contributed by atoms with van der Waals surface area (Å²) in [5, 5.41) is 0. The van der Waals surface area contributed by atoms with E-state index < -0.39 is 0 Å². The largest absolute Gasteiger partial charge is 0.342 e. The van der Waals surface area contributed by atoms with Crippen LogP contribution in [0.3, 0.4) is 0 Å². The van der Waals surface area contributed by atoms with E-state index in [0.29, 0.717) is 5.41 Å². The van der Waals surface area contributed by atoms with Crippen LogP contribution in [0.2, 0.25) is 0 Å². The standard InChI is InChI=1S/C14H26BrNO/c1-5-12(15)13(17)16-9-6-7-11(8-10-16)14(2,3)4/h11-12H,5-10H2,1-4H3. The Balaban J connectivity index is 2.56. The van der Waals surface area contributed by atoms with Crippen molar-refractivity contribution in [3.63, 3.8) is 0 Å². The molecule has 0 aromatic rings. The van der Waals surface area contributed by atoms with Gasteiger partial charge >= 0.3 is 0 Å². The topological polar surface area (TPSA) is 20.3 Å². The number of rotatable bonds is 2. The molecule has 1 fully saturated rings. The van der Waals surface area contributed by atoms with E-state index in [1.54, 1.807) is 0 Å². The van der Waals surface area contributed by atoms with Gasteiger partial charge in [-0.15, -0.1) is 0 Å². The summed E-state index contributed by atoms with van der Waals surface area (Å²) < 4.78 is 0. The molecular weight excluding hydrogens is 278 g/mol. The lowest BCUT2D eigenvalue weighted by Gasteiger charge is -2.30. The van der Waals surface area contributed by atoms with E-state index in [0.717, 1.165) is 38.3 Å². The summed E-state index contributed by atoms with van der Waals surface area (Å²) in [6, 6.07) is 0. The molecule has 1 aliphatic heterocycles. The van der Waals surface area contributed by atoms with Crippen molar-refractivity contribution in [1.29, 1.82) is 0 Å². The fraction of sp³-hybridized carbons (Fsp3) is 0.929. The zero-order valence-electron chi connectivity index (χ0n) is 11.6. The van der Waals surface area contributed by atoms with Crippen LogP contribution in [0, 0.1) is 11.3 Å². The van der Waals surface area contributed by atoms with E-state index in [1.165, 1.54) is 6.42 Å². The molecule has 1 saturated heterocycles. The summed E-state index contributed by atoms with van der Waals surface area (Å²) in [5.74, 6) is 1.03. The molecule has 1 aliphatic rings. The molecule has 2 nitrogen and oxygen atoms in total. The number of hydrogen-bond donors (Lipinski definition) is 0. The molecule has 0 N–H and O–H groups in total. The molecule has 0 radical (unpaired) electrons. The fourth-order valence-electron chi connectivity index (χ4n) is 2.56.